The molecule has 1 saturated heterocycles. The van der Waals surface area contributed by atoms with Gasteiger partial charge in [-0.15, -0.1) is 0 Å². The monoisotopic (exact) mass is 437 g/mol. The second-order valence-corrected chi connectivity index (χ2v) is 9.05. The SMILES string of the molecule is CN=C(NCC1(CCOC)CCC1)NCC1(c2cc(Cl)ccc2OC)CCOCC1. The lowest BCUT2D eigenvalue weighted by molar-refractivity contribution is 0.0504. The van der Waals surface area contributed by atoms with E-state index < -0.39 is 0 Å². The van der Waals surface area contributed by atoms with Crippen molar-refractivity contribution in [1.82, 2.24) is 10.6 Å². The van der Waals surface area contributed by atoms with Crippen molar-refractivity contribution in [2.75, 3.05) is 54.2 Å². The molecule has 0 unspecified atom stereocenters. The highest BCUT2D eigenvalue weighted by molar-refractivity contribution is 6.30. The van der Waals surface area contributed by atoms with Crippen molar-refractivity contribution in [3.05, 3.63) is 28.8 Å². The van der Waals surface area contributed by atoms with Crippen LogP contribution in [0.5, 0.6) is 5.75 Å². The first kappa shape index (κ1) is 23.2. The van der Waals surface area contributed by atoms with Gasteiger partial charge < -0.3 is 24.8 Å². The minimum absolute atomic E-state index is 0.115. The summed E-state index contributed by atoms with van der Waals surface area (Å²) in [6.07, 6.45) is 6.71. The van der Waals surface area contributed by atoms with E-state index in [4.69, 9.17) is 25.8 Å². The topological polar surface area (TPSA) is 64.1 Å². The summed E-state index contributed by atoms with van der Waals surface area (Å²) >= 11 is 6.36. The van der Waals surface area contributed by atoms with Crippen LogP contribution in [0.15, 0.2) is 23.2 Å². The fourth-order valence-electron chi connectivity index (χ4n) is 4.65. The van der Waals surface area contributed by atoms with E-state index in [1.165, 1.54) is 19.3 Å². The van der Waals surface area contributed by atoms with Gasteiger partial charge in [-0.05, 0) is 55.7 Å². The van der Waals surface area contributed by atoms with Crippen LogP contribution in [0.2, 0.25) is 5.02 Å². The molecule has 2 N–H and O–H groups in total. The number of nitrogens with zero attached hydrogens (tertiary/aromatic N) is 1. The van der Waals surface area contributed by atoms with Gasteiger partial charge in [-0.25, -0.2) is 0 Å². The van der Waals surface area contributed by atoms with Crippen molar-refractivity contribution in [3.63, 3.8) is 0 Å². The average Bonchev–Trinajstić information content (AvgIpc) is 2.75. The summed E-state index contributed by atoms with van der Waals surface area (Å²) in [5.74, 6) is 1.71. The highest BCUT2D eigenvalue weighted by Gasteiger charge is 2.38. The van der Waals surface area contributed by atoms with Crippen LogP contribution in [0.3, 0.4) is 0 Å². The van der Waals surface area contributed by atoms with Crippen molar-refractivity contribution in [2.45, 2.75) is 43.9 Å². The third kappa shape index (κ3) is 5.40. The number of rotatable bonds is 9. The molecule has 1 aliphatic carbocycles. The fourth-order valence-corrected chi connectivity index (χ4v) is 4.83. The molecule has 0 atom stereocenters. The smallest absolute Gasteiger partial charge is 0.191 e. The Kier molecular flexibility index (Phi) is 8.26. The van der Waals surface area contributed by atoms with Crippen molar-refractivity contribution >= 4 is 17.6 Å². The van der Waals surface area contributed by atoms with Crippen LogP contribution in [0.25, 0.3) is 0 Å². The molecule has 2 fully saturated rings. The van der Waals surface area contributed by atoms with Gasteiger partial charge in [0.15, 0.2) is 5.96 Å². The molecule has 0 amide bonds. The maximum Gasteiger partial charge on any atom is 0.191 e. The third-order valence-corrected chi connectivity index (χ3v) is 7.12. The maximum atomic E-state index is 6.36. The van der Waals surface area contributed by atoms with Gasteiger partial charge in [-0.2, -0.15) is 0 Å². The predicted octanol–water partition coefficient (Wildman–Crippen LogP) is 3.77. The lowest BCUT2D eigenvalue weighted by Crippen LogP contribution is -2.51. The zero-order chi connectivity index (χ0) is 21.5. The number of ether oxygens (including phenoxy) is 3. The fraction of sp³-hybridized carbons (Fsp3) is 0.696. The summed E-state index contributed by atoms with van der Waals surface area (Å²) in [6, 6.07) is 5.87. The molecule has 2 aliphatic rings. The van der Waals surface area contributed by atoms with Crippen LogP contribution in [-0.4, -0.2) is 60.1 Å². The number of halogens is 1. The highest BCUT2D eigenvalue weighted by Crippen LogP contribution is 2.43. The normalized spacial score (nSPS) is 20.3. The predicted molar refractivity (Wildman–Crippen MR) is 122 cm³/mol. The summed E-state index contributed by atoms with van der Waals surface area (Å²) in [5.41, 5.74) is 1.36. The molecule has 1 heterocycles. The maximum absolute atomic E-state index is 6.36. The molecule has 3 rings (SSSR count). The molecule has 1 saturated carbocycles. The summed E-state index contributed by atoms with van der Waals surface area (Å²) in [7, 11) is 5.32. The third-order valence-electron chi connectivity index (χ3n) is 6.88. The molecule has 1 aromatic carbocycles. The van der Waals surface area contributed by atoms with Gasteiger partial charge in [0.2, 0.25) is 0 Å². The van der Waals surface area contributed by atoms with Gasteiger partial charge in [-0.3, -0.25) is 4.99 Å². The van der Waals surface area contributed by atoms with Gasteiger partial charge in [0.25, 0.3) is 0 Å². The van der Waals surface area contributed by atoms with E-state index >= 15 is 0 Å². The van der Waals surface area contributed by atoms with Gasteiger partial charge in [0.05, 0.1) is 7.11 Å². The Morgan fingerprint density at radius 2 is 1.87 bits per heavy atom. The summed E-state index contributed by atoms with van der Waals surface area (Å²) < 4.78 is 16.7. The number of nitrogens with one attached hydrogen (secondary N) is 2. The van der Waals surface area contributed by atoms with Crippen molar-refractivity contribution < 1.29 is 14.2 Å². The number of benzene rings is 1. The molecular formula is C23H36ClN3O3. The molecule has 30 heavy (non-hydrogen) atoms. The van der Waals surface area contributed by atoms with Gasteiger partial charge in [0, 0.05) is 63.1 Å². The molecule has 0 aromatic heterocycles. The van der Waals surface area contributed by atoms with Gasteiger partial charge >= 0.3 is 0 Å². The minimum atomic E-state index is -0.115. The van der Waals surface area contributed by atoms with E-state index in [0.717, 1.165) is 74.5 Å². The first-order chi connectivity index (χ1) is 14.6. The lowest BCUT2D eigenvalue weighted by Gasteiger charge is -2.43. The number of hydrogen-bond donors (Lipinski definition) is 2. The Balaban J connectivity index is 1.69. The molecule has 1 aliphatic heterocycles. The number of hydrogen-bond acceptors (Lipinski definition) is 4. The van der Waals surface area contributed by atoms with Crippen LogP contribution in [-0.2, 0) is 14.9 Å². The largest absolute Gasteiger partial charge is 0.496 e. The molecule has 6 nitrogen and oxygen atoms in total. The van der Waals surface area contributed by atoms with E-state index in [1.807, 2.05) is 25.2 Å². The average molecular weight is 438 g/mol. The molecule has 0 spiro atoms. The van der Waals surface area contributed by atoms with Crippen LogP contribution in [0.1, 0.15) is 44.1 Å². The molecule has 168 valence electrons. The second kappa shape index (κ2) is 10.7. The molecule has 1 aromatic rings. The highest BCUT2D eigenvalue weighted by atomic mass is 35.5. The molecule has 0 bridgehead atoms. The first-order valence-corrected chi connectivity index (χ1v) is 11.3. The van der Waals surface area contributed by atoms with Gasteiger partial charge in [-0.1, -0.05) is 18.0 Å². The Bertz CT molecular complexity index is 716. The number of aliphatic imine (C=N–C) groups is 1. The Morgan fingerprint density at radius 3 is 2.47 bits per heavy atom. The Hall–Kier alpha value is -1.50. The quantitative estimate of drug-likeness (QED) is 0.454. The van der Waals surface area contributed by atoms with E-state index in [-0.39, 0.29) is 5.41 Å². The van der Waals surface area contributed by atoms with Crippen LogP contribution in [0.4, 0.5) is 0 Å². The summed E-state index contributed by atoms with van der Waals surface area (Å²) in [5, 5.41) is 7.87. The van der Waals surface area contributed by atoms with Gasteiger partial charge in [0.1, 0.15) is 5.75 Å². The van der Waals surface area contributed by atoms with Crippen LogP contribution >= 0.6 is 11.6 Å². The number of guanidine groups is 1. The summed E-state index contributed by atoms with van der Waals surface area (Å²) in [6.45, 7) is 3.93. The minimum Gasteiger partial charge on any atom is -0.496 e. The van der Waals surface area contributed by atoms with E-state index in [2.05, 4.69) is 15.6 Å². The van der Waals surface area contributed by atoms with E-state index in [9.17, 15) is 0 Å². The summed E-state index contributed by atoms with van der Waals surface area (Å²) in [4.78, 5) is 4.47. The molecule has 7 heteroatoms. The Labute approximate surface area is 185 Å². The Morgan fingerprint density at radius 1 is 1.13 bits per heavy atom. The second-order valence-electron chi connectivity index (χ2n) is 8.61. The van der Waals surface area contributed by atoms with Crippen molar-refractivity contribution in [3.8, 4) is 5.75 Å². The first-order valence-electron chi connectivity index (χ1n) is 10.9. The lowest BCUT2D eigenvalue weighted by atomic mass is 9.67. The van der Waals surface area contributed by atoms with Crippen LogP contribution in [0, 0.1) is 5.41 Å². The van der Waals surface area contributed by atoms with E-state index in [0.29, 0.717) is 5.41 Å². The zero-order valence-corrected chi connectivity index (χ0v) is 19.3. The number of methoxy groups -OCH3 is 2. The molecule has 0 radical (unpaired) electrons. The van der Waals surface area contributed by atoms with Crippen LogP contribution < -0.4 is 15.4 Å². The standard InChI is InChI=1S/C23H36ClN3O3/c1-25-21(26-16-22(7-4-8-22)9-12-28-2)27-17-23(10-13-30-14-11-23)19-15-18(24)5-6-20(19)29-3/h5-6,15H,4,7-14,16-17H2,1-3H3,(H2,25,26,27). The zero-order valence-electron chi connectivity index (χ0n) is 18.6. The van der Waals surface area contributed by atoms with E-state index in [1.54, 1.807) is 14.2 Å². The van der Waals surface area contributed by atoms with Crippen molar-refractivity contribution in [2.24, 2.45) is 10.4 Å². The van der Waals surface area contributed by atoms with Crippen molar-refractivity contribution in [1.29, 1.82) is 0 Å². The molecular weight excluding hydrogens is 402 g/mol.